The molecule has 1 aromatic rings. The molecule has 21 heavy (non-hydrogen) atoms. The fourth-order valence-electron chi connectivity index (χ4n) is 2.70. The van der Waals surface area contributed by atoms with E-state index in [4.69, 9.17) is 5.73 Å². The summed E-state index contributed by atoms with van der Waals surface area (Å²) in [7, 11) is 0. The van der Waals surface area contributed by atoms with Crippen molar-refractivity contribution in [3.8, 4) is 0 Å². The molecule has 1 aliphatic rings. The van der Waals surface area contributed by atoms with Gasteiger partial charge in [-0.1, -0.05) is 22.4 Å². The van der Waals surface area contributed by atoms with Gasteiger partial charge in [0.2, 0.25) is 5.91 Å². The highest BCUT2D eigenvalue weighted by atomic mass is 79.9. The molecule has 0 saturated heterocycles. The number of rotatable bonds is 5. The average Bonchev–Trinajstić information content (AvgIpc) is 2.79. The van der Waals surface area contributed by atoms with Crippen molar-refractivity contribution in [2.75, 3.05) is 6.54 Å². The molecule has 3 nitrogen and oxygen atoms in total. The zero-order chi connectivity index (χ0) is 14.5. The lowest BCUT2D eigenvalue weighted by Gasteiger charge is -2.14. The van der Waals surface area contributed by atoms with E-state index in [1.54, 1.807) is 12.1 Å². The predicted molar refractivity (Wildman–Crippen MR) is 88.0 cm³/mol. The van der Waals surface area contributed by atoms with Gasteiger partial charge in [-0.05, 0) is 48.9 Å². The molecule has 118 valence electrons. The van der Waals surface area contributed by atoms with Crippen LogP contribution < -0.4 is 11.1 Å². The number of nitrogens with two attached hydrogens (primary N) is 1. The van der Waals surface area contributed by atoms with Gasteiger partial charge >= 0.3 is 0 Å². The molecule has 1 aromatic carbocycles. The van der Waals surface area contributed by atoms with Crippen LogP contribution in [0.25, 0.3) is 0 Å². The molecule has 0 aliphatic heterocycles. The van der Waals surface area contributed by atoms with Crippen LogP contribution in [0.3, 0.4) is 0 Å². The summed E-state index contributed by atoms with van der Waals surface area (Å²) in [5, 5.41) is 2.85. The third-order valence-corrected chi connectivity index (χ3v) is 4.38. The minimum atomic E-state index is -0.236. The van der Waals surface area contributed by atoms with Gasteiger partial charge in [-0.15, -0.1) is 12.4 Å². The molecule has 0 unspecified atom stereocenters. The first kappa shape index (κ1) is 18.4. The van der Waals surface area contributed by atoms with Crippen molar-refractivity contribution in [2.45, 2.75) is 38.1 Å². The molecule has 2 rings (SSSR count). The Kier molecular flexibility index (Phi) is 7.63. The van der Waals surface area contributed by atoms with E-state index in [2.05, 4.69) is 21.2 Å². The number of carbonyl (C=O) groups is 1. The van der Waals surface area contributed by atoms with Gasteiger partial charge in [-0.2, -0.15) is 0 Å². The van der Waals surface area contributed by atoms with Crippen molar-refractivity contribution in [3.63, 3.8) is 0 Å². The topological polar surface area (TPSA) is 55.1 Å². The first-order valence-corrected chi connectivity index (χ1v) is 7.82. The van der Waals surface area contributed by atoms with Gasteiger partial charge in [0.05, 0.1) is 0 Å². The van der Waals surface area contributed by atoms with E-state index >= 15 is 0 Å². The molecular formula is C15H21BrClFN2O. The van der Waals surface area contributed by atoms with E-state index in [9.17, 15) is 9.18 Å². The molecule has 2 atom stereocenters. The highest BCUT2D eigenvalue weighted by Gasteiger charge is 2.25. The van der Waals surface area contributed by atoms with Crippen molar-refractivity contribution in [1.82, 2.24) is 5.32 Å². The van der Waals surface area contributed by atoms with Crippen LogP contribution >= 0.6 is 28.3 Å². The van der Waals surface area contributed by atoms with E-state index in [1.807, 2.05) is 0 Å². The maximum atomic E-state index is 13.5. The summed E-state index contributed by atoms with van der Waals surface area (Å²) >= 11 is 3.31. The van der Waals surface area contributed by atoms with E-state index in [1.165, 1.54) is 6.07 Å². The summed E-state index contributed by atoms with van der Waals surface area (Å²) in [6.07, 6.45) is 4.15. The first-order valence-electron chi connectivity index (χ1n) is 7.02. The summed E-state index contributed by atoms with van der Waals surface area (Å²) in [5.74, 6) is 0.0839. The summed E-state index contributed by atoms with van der Waals surface area (Å²) in [6, 6.07) is 5.00. The van der Waals surface area contributed by atoms with Gasteiger partial charge in [-0.3, -0.25) is 4.79 Å². The summed E-state index contributed by atoms with van der Waals surface area (Å²) in [4.78, 5) is 11.8. The van der Waals surface area contributed by atoms with Crippen molar-refractivity contribution in [3.05, 3.63) is 34.1 Å². The van der Waals surface area contributed by atoms with Crippen LogP contribution in [-0.4, -0.2) is 18.5 Å². The third-order valence-electron chi connectivity index (χ3n) is 3.89. The maximum absolute atomic E-state index is 13.5. The monoisotopic (exact) mass is 378 g/mol. The largest absolute Gasteiger partial charge is 0.356 e. The van der Waals surface area contributed by atoms with Crippen molar-refractivity contribution < 1.29 is 9.18 Å². The Morgan fingerprint density at radius 3 is 2.86 bits per heavy atom. The van der Waals surface area contributed by atoms with Gasteiger partial charge in [0.15, 0.2) is 0 Å². The zero-order valence-electron chi connectivity index (χ0n) is 11.8. The van der Waals surface area contributed by atoms with Crippen LogP contribution in [0.15, 0.2) is 22.7 Å². The van der Waals surface area contributed by atoms with Gasteiger partial charge in [-0.25, -0.2) is 4.39 Å². The van der Waals surface area contributed by atoms with E-state index in [-0.39, 0.29) is 30.2 Å². The molecule has 0 spiro atoms. The molecule has 0 radical (unpaired) electrons. The Hall–Kier alpha value is -0.650. The van der Waals surface area contributed by atoms with Crippen LogP contribution in [0.5, 0.6) is 0 Å². The number of halogens is 3. The van der Waals surface area contributed by atoms with Gasteiger partial charge < -0.3 is 11.1 Å². The fourth-order valence-corrected chi connectivity index (χ4v) is 3.11. The number of amides is 1. The zero-order valence-corrected chi connectivity index (χ0v) is 14.2. The standard InChI is InChI=1S/C15H20BrFN2O.ClH/c16-12-4-5-13(17)10(8-12)6-7-19-15(20)9-11-2-1-3-14(11)18;/h4-5,8,11,14H,1-3,6-7,9,18H2,(H,19,20);1H/t11-,14+;/m0./s1. The molecule has 0 heterocycles. The van der Waals surface area contributed by atoms with Crippen molar-refractivity contribution >= 4 is 34.2 Å². The number of hydrogen-bond acceptors (Lipinski definition) is 2. The highest BCUT2D eigenvalue weighted by Crippen LogP contribution is 2.26. The normalized spacial score (nSPS) is 20.9. The van der Waals surface area contributed by atoms with Gasteiger partial charge in [0.1, 0.15) is 5.82 Å². The second kappa shape index (κ2) is 8.71. The molecule has 6 heteroatoms. The van der Waals surface area contributed by atoms with E-state index < -0.39 is 0 Å². The number of hydrogen-bond donors (Lipinski definition) is 2. The summed E-state index contributed by atoms with van der Waals surface area (Å²) in [6.45, 7) is 0.453. The Balaban J connectivity index is 0.00000220. The van der Waals surface area contributed by atoms with E-state index in [0.29, 0.717) is 30.9 Å². The Morgan fingerprint density at radius 1 is 1.43 bits per heavy atom. The second-order valence-electron chi connectivity index (χ2n) is 5.39. The summed E-state index contributed by atoms with van der Waals surface area (Å²) in [5.41, 5.74) is 6.56. The van der Waals surface area contributed by atoms with Crippen molar-refractivity contribution in [2.24, 2.45) is 11.7 Å². The number of carbonyl (C=O) groups excluding carboxylic acids is 1. The molecule has 1 saturated carbocycles. The van der Waals surface area contributed by atoms with Gasteiger partial charge in [0.25, 0.3) is 0 Å². The van der Waals surface area contributed by atoms with Crippen molar-refractivity contribution in [1.29, 1.82) is 0 Å². The fraction of sp³-hybridized carbons (Fsp3) is 0.533. The number of nitrogens with one attached hydrogen (secondary N) is 1. The minimum Gasteiger partial charge on any atom is -0.356 e. The lowest BCUT2D eigenvalue weighted by Crippen LogP contribution is -2.32. The van der Waals surface area contributed by atoms with Crippen LogP contribution in [0.1, 0.15) is 31.2 Å². The van der Waals surface area contributed by atoms with Crippen LogP contribution in [0.2, 0.25) is 0 Å². The van der Waals surface area contributed by atoms with Crippen LogP contribution in [0.4, 0.5) is 4.39 Å². The Bertz CT molecular complexity index is 487. The highest BCUT2D eigenvalue weighted by molar-refractivity contribution is 9.10. The molecule has 0 bridgehead atoms. The second-order valence-corrected chi connectivity index (χ2v) is 6.31. The average molecular weight is 380 g/mol. The Labute approximate surface area is 139 Å². The summed E-state index contributed by atoms with van der Waals surface area (Å²) < 4.78 is 14.4. The SMILES string of the molecule is Cl.N[C@@H]1CCC[C@H]1CC(=O)NCCc1cc(Br)ccc1F. The van der Waals surface area contributed by atoms with E-state index in [0.717, 1.165) is 23.7 Å². The molecule has 0 aromatic heterocycles. The smallest absolute Gasteiger partial charge is 0.220 e. The predicted octanol–water partition coefficient (Wildman–Crippen LogP) is 3.19. The lowest BCUT2D eigenvalue weighted by molar-refractivity contribution is -0.122. The molecule has 3 N–H and O–H groups in total. The molecular weight excluding hydrogens is 359 g/mol. The van der Waals surface area contributed by atoms with Gasteiger partial charge in [0, 0.05) is 23.5 Å². The Morgan fingerprint density at radius 2 is 2.19 bits per heavy atom. The van der Waals surface area contributed by atoms with Crippen LogP contribution in [0, 0.1) is 11.7 Å². The number of benzene rings is 1. The minimum absolute atomic E-state index is 0. The quantitative estimate of drug-likeness (QED) is 0.825. The molecule has 1 aliphatic carbocycles. The molecule has 1 fully saturated rings. The first-order chi connectivity index (χ1) is 9.56. The molecule has 1 amide bonds. The van der Waals surface area contributed by atoms with Crippen LogP contribution in [-0.2, 0) is 11.2 Å². The lowest BCUT2D eigenvalue weighted by atomic mass is 10.00. The maximum Gasteiger partial charge on any atom is 0.220 e. The third kappa shape index (κ3) is 5.57.